The fraction of sp³-hybridized carbons (Fsp3) is 0.0435. The van der Waals surface area contributed by atoms with Gasteiger partial charge >= 0.3 is 0 Å². The molecule has 1 saturated heterocycles. The highest BCUT2D eigenvalue weighted by Crippen LogP contribution is 2.38. The van der Waals surface area contributed by atoms with E-state index < -0.39 is 0 Å². The second-order valence-electron chi connectivity index (χ2n) is 6.59. The van der Waals surface area contributed by atoms with Crippen molar-refractivity contribution in [3.05, 3.63) is 77.7 Å². The molecule has 1 aliphatic rings. The lowest BCUT2D eigenvalue weighted by Crippen LogP contribution is -2.27. The smallest absolute Gasteiger partial charge is 0.266 e. The van der Waals surface area contributed by atoms with Crippen LogP contribution in [0.2, 0.25) is 0 Å². The fourth-order valence-electron chi connectivity index (χ4n) is 3.81. The zero-order chi connectivity index (χ0) is 18.5. The van der Waals surface area contributed by atoms with Gasteiger partial charge in [0.15, 0.2) is 0 Å². The molecule has 4 heteroatoms. The summed E-state index contributed by atoms with van der Waals surface area (Å²) in [5, 5.41) is 7.37. The molecule has 1 heterocycles. The third kappa shape index (κ3) is 2.48. The van der Waals surface area contributed by atoms with Crippen LogP contribution in [0.3, 0.4) is 0 Å². The number of carbonyl (C=O) groups is 1. The van der Waals surface area contributed by atoms with Crippen LogP contribution in [-0.4, -0.2) is 21.7 Å². The van der Waals surface area contributed by atoms with Gasteiger partial charge in [-0.1, -0.05) is 84.7 Å². The van der Waals surface area contributed by atoms with Crippen molar-refractivity contribution in [2.75, 3.05) is 6.54 Å². The van der Waals surface area contributed by atoms with E-state index >= 15 is 0 Å². The van der Waals surface area contributed by atoms with Crippen LogP contribution in [0, 0.1) is 0 Å². The second-order valence-corrected chi connectivity index (χ2v) is 8.27. The summed E-state index contributed by atoms with van der Waals surface area (Å²) < 4.78 is 0.587. The molecule has 0 unspecified atom stereocenters. The van der Waals surface area contributed by atoms with Crippen molar-refractivity contribution >= 4 is 72.6 Å². The number of rotatable bonds is 3. The fourth-order valence-corrected chi connectivity index (χ4v) is 5.08. The van der Waals surface area contributed by atoms with E-state index in [9.17, 15) is 4.79 Å². The van der Waals surface area contributed by atoms with Crippen LogP contribution in [0.15, 0.2) is 72.2 Å². The standard InChI is InChI=1S/C23H15NOS2/c1-2-12-24-22(25)19(27-23(24)26)13-17-9-8-16-7-6-14-4-3-5-15-10-11-18(17)21(16)20(14)15/h2-11,13H,1,12H2/b19-13+. The largest absolute Gasteiger partial charge is 0.289 e. The van der Waals surface area contributed by atoms with Crippen molar-refractivity contribution in [2.45, 2.75) is 0 Å². The first-order valence-electron chi connectivity index (χ1n) is 8.70. The molecule has 0 aromatic heterocycles. The Kier molecular flexibility index (Phi) is 3.78. The molecule has 0 radical (unpaired) electrons. The maximum absolute atomic E-state index is 12.7. The lowest BCUT2D eigenvalue weighted by Gasteiger charge is -2.12. The van der Waals surface area contributed by atoms with E-state index in [2.05, 4.69) is 61.2 Å². The molecular formula is C23H15NOS2. The molecule has 0 bridgehead atoms. The third-order valence-corrected chi connectivity index (χ3v) is 6.41. The summed E-state index contributed by atoms with van der Waals surface area (Å²) in [6.45, 7) is 4.15. The first-order valence-corrected chi connectivity index (χ1v) is 9.92. The summed E-state index contributed by atoms with van der Waals surface area (Å²) in [5.41, 5.74) is 1.04. The van der Waals surface area contributed by atoms with Crippen LogP contribution in [-0.2, 0) is 4.79 Å². The van der Waals surface area contributed by atoms with E-state index in [1.165, 1.54) is 38.7 Å². The number of carbonyl (C=O) groups excluding carboxylic acids is 1. The average Bonchev–Trinajstić information content (AvgIpc) is 2.95. The number of thioether (sulfide) groups is 1. The number of hydrogen-bond donors (Lipinski definition) is 0. The van der Waals surface area contributed by atoms with E-state index in [0.717, 1.165) is 10.9 Å². The van der Waals surface area contributed by atoms with Crippen molar-refractivity contribution in [3.63, 3.8) is 0 Å². The van der Waals surface area contributed by atoms with Gasteiger partial charge < -0.3 is 0 Å². The molecule has 4 aromatic carbocycles. The van der Waals surface area contributed by atoms with Gasteiger partial charge in [0.25, 0.3) is 5.91 Å². The molecule has 4 aromatic rings. The van der Waals surface area contributed by atoms with Gasteiger partial charge in [-0.05, 0) is 44.0 Å². The van der Waals surface area contributed by atoms with Gasteiger partial charge in [-0.3, -0.25) is 9.69 Å². The number of amides is 1. The van der Waals surface area contributed by atoms with Crippen molar-refractivity contribution in [2.24, 2.45) is 0 Å². The number of benzene rings is 4. The lowest BCUT2D eigenvalue weighted by atomic mass is 9.92. The highest BCUT2D eigenvalue weighted by molar-refractivity contribution is 8.26. The molecular weight excluding hydrogens is 370 g/mol. The summed E-state index contributed by atoms with van der Waals surface area (Å²) in [6.07, 6.45) is 3.66. The van der Waals surface area contributed by atoms with Crippen molar-refractivity contribution < 1.29 is 4.79 Å². The van der Waals surface area contributed by atoms with Crippen LogP contribution < -0.4 is 0 Å². The van der Waals surface area contributed by atoms with E-state index in [0.29, 0.717) is 15.8 Å². The molecule has 1 fully saturated rings. The average molecular weight is 386 g/mol. The summed E-state index contributed by atoms with van der Waals surface area (Å²) in [6, 6.07) is 19.2. The monoisotopic (exact) mass is 385 g/mol. The quantitative estimate of drug-likeness (QED) is 0.187. The van der Waals surface area contributed by atoms with Gasteiger partial charge in [-0.2, -0.15) is 0 Å². The first-order chi connectivity index (χ1) is 13.2. The minimum absolute atomic E-state index is 0.0457. The minimum Gasteiger partial charge on any atom is -0.289 e. The molecule has 1 amide bonds. The summed E-state index contributed by atoms with van der Waals surface area (Å²) in [7, 11) is 0. The SMILES string of the molecule is C=CCN1C(=O)/C(=C\c2ccc3ccc4cccc5ccc2c3c45)SC1=S. The molecule has 27 heavy (non-hydrogen) atoms. The predicted molar refractivity (Wildman–Crippen MR) is 120 cm³/mol. The van der Waals surface area contributed by atoms with Crippen LogP contribution in [0.5, 0.6) is 0 Å². The van der Waals surface area contributed by atoms with E-state index in [4.69, 9.17) is 12.2 Å². The van der Waals surface area contributed by atoms with Crippen molar-refractivity contribution in [1.29, 1.82) is 0 Å². The molecule has 0 aliphatic carbocycles. The highest BCUT2D eigenvalue weighted by Gasteiger charge is 2.31. The Bertz CT molecular complexity index is 1270. The van der Waals surface area contributed by atoms with Crippen LogP contribution in [0.1, 0.15) is 5.56 Å². The van der Waals surface area contributed by atoms with Gasteiger partial charge in [-0.15, -0.1) is 6.58 Å². The predicted octanol–water partition coefficient (Wildman–Crippen LogP) is 5.97. The van der Waals surface area contributed by atoms with Crippen LogP contribution in [0.4, 0.5) is 0 Å². The third-order valence-electron chi connectivity index (χ3n) is 5.03. The molecule has 0 saturated carbocycles. The van der Waals surface area contributed by atoms with Crippen molar-refractivity contribution in [1.82, 2.24) is 4.90 Å². The first kappa shape index (κ1) is 16.5. The number of nitrogens with zero attached hydrogens (tertiary/aromatic N) is 1. The molecule has 2 nitrogen and oxygen atoms in total. The van der Waals surface area contributed by atoms with Crippen LogP contribution in [0.25, 0.3) is 38.4 Å². The Morgan fingerprint density at radius 1 is 0.963 bits per heavy atom. The molecule has 0 N–H and O–H groups in total. The highest BCUT2D eigenvalue weighted by atomic mass is 32.2. The number of thiocarbonyl (C=S) groups is 1. The zero-order valence-electron chi connectivity index (χ0n) is 14.4. The van der Waals surface area contributed by atoms with Gasteiger partial charge in [-0.25, -0.2) is 0 Å². The summed E-state index contributed by atoms with van der Waals surface area (Å²) in [4.78, 5) is 14.9. The number of hydrogen-bond acceptors (Lipinski definition) is 3. The topological polar surface area (TPSA) is 20.3 Å². The van der Waals surface area contributed by atoms with E-state index in [-0.39, 0.29) is 5.91 Å². The van der Waals surface area contributed by atoms with Crippen molar-refractivity contribution in [3.8, 4) is 0 Å². The van der Waals surface area contributed by atoms with Gasteiger partial charge in [0.2, 0.25) is 0 Å². The maximum atomic E-state index is 12.7. The minimum atomic E-state index is -0.0457. The Morgan fingerprint density at radius 2 is 1.63 bits per heavy atom. The van der Waals surface area contributed by atoms with Gasteiger partial charge in [0, 0.05) is 6.54 Å². The Morgan fingerprint density at radius 3 is 2.37 bits per heavy atom. The summed E-state index contributed by atoms with van der Waals surface area (Å²) in [5.74, 6) is -0.0457. The van der Waals surface area contributed by atoms with Gasteiger partial charge in [0.05, 0.1) is 4.91 Å². The maximum Gasteiger partial charge on any atom is 0.266 e. The molecule has 130 valence electrons. The van der Waals surface area contributed by atoms with E-state index in [1.807, 2.05) is 6.08 Å². The Hall–Kier alpha value is -2.69. The lowest BCUT2D eigenvalue weighted by molar-refractivity contribution is -0.121. The zero-order valence-corrected chi connectivity index (χ0v) is 16.1. The normalized spacial score (nSPS) is 16.4. The Labute approximate surface area is 166 Å². The van der Waals surface area contributed by atoms with E-state index in [1.54, 1.807) is 11.0 Å². The second kappa shape index (κ2) is 6.19. The molecule has 0 spiro atoms. The molecule has 0 atom stereocenters. The van der Waals surface area contributed by atoms with Gasteiger partial charge in [0.1, 0.15) is 4.32 Å². The van der Waals surface area contributed by atoms with Crippen LogP contribution >= 0.6 is 24.0 Å². The molecule has 1 aliphatic heterocycles. The Balaban J connectivity index is 1.74. The molecule has 5 rings (SSSR count). The summed E-state index contributed by atoms with van der Waals surface area (Å²) >= 11 is 6.71.